The maximum Gasteiger partial charge on any atom is 0.292 e. The molecule has 5 aromatic heterocycles. The van der Waals surface area contributed by atoms with E-state index < -0.39 is 0 Å². The molecular weight excluding hydrogens is 499 g/mol. The molecule has 0 aliphatic heterocycles. The molecule has 0 aliphatic carbocycles. The Balaban J connectivity index is 1.40. The molecule has 0 spiro atoms. The number of nitrogens with two attached hydrogens (primary N) is 2. The van der Waals surface area contributed by atoms with E-state index >= 15 is 0 Å². The summed E-state index contributed by atoms with van der Waals surface area (Å²) in [5.41, 5.74) is 17.3. The molecule has 7 aromatic rings. The second-order valence-electron chi connectivity index (χ2n) is 9.19. The Bertz CT molecular complexity index is 2010. The first kappa shape index (κ1) is 22.8. The van der Waals surface area contributed by atoms with Gasteiger partial charge < -0.3 is 15.9 Å². The van der Waals surface area contributed by atoms with Gasteiger partial charge in [0.15, 0.2) is 11.2 Å². The summed E-state index contributed by atoms with van der Waals surface area (Å²) < 4.78 is 23.3. The summed E-state index contributed by atoms with van der Waals surface area (Å²) in [4.78, 5) is 17.4. The lowest BCUT2D eigenvalue weighted by Gasteiger charge is -2.11. The maximum atomic E-state index is 14.3. The van der Waals surface area contributed by atoms with Crippen molar-refractivity contribution >= 4 is 44.9 Å². The molecule has 0 saturated carbocycles. The lowest BCUT2D eigenvalue weighted by atomic mass is 10.1. The van der Waals surface area contributed by atoms with Crippen molar-refractivity contribution in [3.05, 3.63) is 84.3 Å². The minimum atomic E-state index is -0.389. The average molecular weight is 521 g/mol. The molecule has 0 fully saturated rings. The largest absolute Gasteiger partial charge is 0.424 e. The molecule has 11 nitrogen and oxygen atoms in total. The fourth-order valence-corrected chi connectivity index (χ4v) is 4.92. The van der Waals surface area contributed by atoms with Gasteiger partial charge in [0.05, 0.1) is 34.9 Å². The molecule has 0 bridgehead atoms. The van der Waals surface area contributed by atoms with Gasteiger partial charge in [-0.3, -0.25) is 9.67 Å². The highest BCUT2D eigenvalue weighted by atomic mass is 19.1. The minimum Gasteiger partial charge on any atom is -0.424 e. The molecule has 0 aliphatic rings. The summed E-state index contributed by atoms with van der Waals surface area (Å²) in [6.07, 6.45) is 3.12. The predicted octanol–water partition coefficient (Wildman–Crippen LogP) is 4.34. The molecule has 4 N–H and O–H groups in total. The van der Waals surface area contributed by atoms with E-state index in [-0.39, 0.29) is 17.9 Å². The van der Waals surface area contributed by atoms with E-state index in [4.69, 9.17) is 26.1 Å². The quantitative estimate of drug-likeness (QED) is 0.337. The molecule has 0 radical (unpaired) electrons. The molecule has 1 atom stereocenters. The lowest BCUT2D eigenvalue weighted by molar-refractivity contribution is 0.553. The van der Waals surface area contributed by atoms with Crippen molar-refractivity contribution in [2.24, 2.45) is 0 Å². The van der Waals surface area contributed by atoms with Gasteiger partial charge in [-0.2, -0.15) is 15.2 Å². The average Bonchev–Trinajstić information content (AvgIpc) is 3.61. The Labute approximate surface area is 219 Å². The Kier molecular flexibility index (Phi) is 5.01. The third kappa shape index (κ3) is 3.72. The van der Waals surface area contributed by atoms with Crippen LogP contribution in [0.1, 0.15) is 24.4 Å². The zero-order chi connectivity index (χ0) is 26.7. The molecule has 39 heavy (non-hydrogen) atoms. The predicted molar refractivity (Wildman–Crippen MR) is 144 cm³/mol. The summed E-state index contributed by atoms with van der Waals surface area (Å²) in [7, 11) is 0. The number of benzene rings is 2. The van der Waals surface area contributed by atoms with Crippen LogP contribution >= 0.6 is 0 Å². The molecular formula is C27H21FN10O. The Hall–Kier alpha value is -5.39. The molecule has 7 rings (SSSR count). The SMILES string of the molecule is CC(c1nn(Cc2ccccn2)c2cc(F)ccc12)n1nc(-c2ccc3oc(N)nc3c2)c2c(N)ncnc21. The monoisotopic (exact) mass is 520 g/mol. The van der Waals surface area contributed by atoms with Crippen LogP contribution in [-0.4, -0.2) is 39.5 Å². The van der Waals surface area contributed by atoms with Crippen LogP contribution in [0, 0.1) is 5.82 Å². The maximum absolute atomic E-state index is 14.3. The van der Waals surface area contributed by atoms with E-state index in [1.165, 1.54) is 18.5 Å². The van der Waals surface area contributed by atoms with Crippen LogP contribution in [0.25, 0.3) is 44.3 Å². The van der Waals surface area contributed by atoms with Crippen molar-refractivity contribution < 1.29 is 8.81 Å². The third-order valence-corrected chi connectivity index (χ3v) is 6.74. The lowest BCUT2D eigenvalue weighted by Crippen LogP contribution is -2.12. The van der Waals surface area contributed by atoms with Crippen LogP contribution in [-0.2, 0) is 6.54 Å². The summed E-state index contributed by atoms with van der Waals surface area (Å²) in [5.74, 6) is -0.0547. The van der Waals surface area contributed by atoms with Gasteiger partial charge in [0.2, 0.25) is 0 Å². The normalized spacial score (nSPS) is 12.6. The van der Waals surface area contributed by atoms with Crippen molar-refractivity contribution in [1.82, 2.24) is 39.5 Å². The van der Waals surface area contributed by atoms with Crippen molar-refractivity contribution in [1.29, 1.82) is 0 Å². The van der Waals surface area contributed by atoms with E-state index in [0.29, 0.717) is 51.4 Å². The topological polar surface area (TPSA) is 152 Å². The molecule has 12 heteroatoms. The van der Waals surface area contributed by atoms with E-state index in [9.17, 15) is 4.39 Å². The number of anilines is 2. The van der Waals surface area contributed by atoms with Gasteiger partial charge in [0, 0.05) is 17.1 Å². The first-order valence-corrected chi connectivity index (χ1v) is 12.2. The van der Waals surface area contributed by atoms with E-state index in [0.717, 1.165) is 16.6 Å². The fourth-order valence-electron chi connectivity index (χ4n) is 4.92. The van der Waals surface area contributed by atoms with Crippen molar-refractivity contribution in [2.45, 2.75) is 19.5 Å². The number of nitrogens with zero attached hydrogens (tertiary/aromatic N) is 8. The zero-order valence-corrected chi connectivity index (χ0v) is 20.7. The second kappa shape index (κ2) is 8.58. The molecule has 1 unspecified atom stereocenters. The molecule has 2 aromatic carbocycles. The van der Waals surface area contributed by atoms with Gasteiger partial charge in [0.25, 0.3) is 6.01 Å². The van der Waals surface area contributed by atoms with Crippen molar-refractivity contribution in [2.75, 3.05) is 11.5 Å². The van der Waals surface area contributed by atoms with Crippen LogP contribution in [0.4, 0.5) is 16.2 Å². The number of hydrogen-bond donors (Lipinski definition) is 2. The smallest absolute Gasteiger partial charge is 0.292 e. The number of aromatic nitrogens is 8. The van der Waals surface area contributed by atoms with Gasteiger partial charge in [0.1, 0.15) is 29.2 Å². The van der Waals surface area contributed by atoms with E-state index in [1.54, 1.807) is 27.7 Å². The highest BCUT2D eigenvalue weighted by Gasteiger charge is 2.25. The number of hydrogen-bond acceptors (Lipinski definition) is 9. The highest BCUT2D eigenvalue weighted by Crippen LogP contribution is 2.36. The number of halogens is 1. The highest BCUT2D eigenvalue weighted by molar-refractivity contribution is 5.99. The number of nitrogen functional groups attached to an aromatic ring is 2. The van der Waals surface area contributed by atoms with Gasteiger partial charge >= 0.3 is 0 Å². The fraction of sp³-hybridized carbons (Fsp3) is 0.111. The van der Waals surface area contributed by atoms with E-state index in [1.807, 2.05) is 37.3 Å². The second-order valence-corrected chi connectivity index (χ2v) is 9.19. The van der Waals surface area contributed by atoms with Gasteiger partial charge in [-0.25, -0.2) is 19.0 Å². The van der Waals surface area contributed by atoms with Crippen LogP contribution in [0.5, 0.6) is 0 Å². The first-order valence-electron chi connectivity index (χ1n) is 12.2. The van der Waals surface area contributed by atoms with Crippen LogP contribution in [0.15, 0.2) is 71.5 Å². The Morgan fingerprint density at radius 3 is 2.74 bits per heavy atom. The van der Waals surface area contributed by atoms with Gasteiger partial charge in [-0.05, 0) is 55.5 Å². The zero-order valence-electron chi connectivity index (χ0n) is 20.7. The number of fused-ring (bicyclic) bond motifs is 3. The van der Waals surface area contributed by atoms with Crippen LogP contribution < -0.4 is 11.5 Å². The number of oxazole rings is 1. The number of rotatable bonds is 5. The van der Waals surface area contributed by atoms with E-state index in [2.05, 4.69) is 19.9 Å². The van der Waals surface area contributed by atoms with Crippen LogP contribution in [0.3, 0.4) is 0 Å². The molecule has 0 saturated heterocycles. The Morgan fingerprint density at radius 1 is 1.00 bits per heavy atom. The Morgan fingerprint density at radius 2 is 1.90 bits per heavy atom. The summed E-state index contributed by atoms with van der Waals surface area (Å²) in [6.45, 7) is 2.35. The van der Waals surface area contributed by atoms with Crippen molar-refractivity contribution in [3.8, 4) is 11.3 Å². The first-order chi connectivity index (χ1) is 19.0. The van der Waals surface area contributed by atoms with Gasteiger partial charge in [-0.1, -0.05) is 6.07 Å². The third-order valence-electron chi connectivity index (χ3n) is 6.74. The van der Waals surface area contributed by atoms with Gasteiger partial charge in [-0.15, -0.1) is 0 Å². The van der Waals surface area contributed by atoms with Crippen molar-refractivity contribution in [3.63, 3.8) is 0 Å². The number of pyridine rings is 1. The molecule has 5 heterocycles. The molecule has 192 valence electrons. The summed E-state index contributed by atoms with van der Waals surface area (Å²) >= 11 is 0. The minimum absolute atomic E-state index is 0.0820. The standard InChI is InChI=1S/C27H21FN10O/c1-14(23-18-7-6-16(28)11-20(18)37(35-23)12-17-4-2-3-9-31-17)38-26-22(25(29)32-13-33-26)24(36-38)15-5-8-21-19(10-15)34-27(30)39-21/h2-11,13-14H,12H2,1H3,(H2,30,34)(H2,29,32,33). The summed E-state index contributed by atoms with van der Waals surface area (Å²) in [5, 5.41) is 11.2. The summed E-state index contributed by atoms with van der Waals surface area (Å²) in [6, 6.07) is 15.5. The molecule has 0 amide bonds. The van der Waals surface area contributed by atoms with Crippen LogP contribution in [0.2, 0.25) is 0 Å².